The quantitative estimate of drug-likeness (QED) is 0.419. The first-order chi connectivity index (χ1) is 14.4. The van der Waals surface area contributed by atoms with Crippen LogP contribution < -0.4 is 5.43 Å². The summed E-state index contributed by atoms with van der Waals surface area (Å²) in [5, 5.41) is 1.07. The molecule has 2 amide bonds. The lowest BCUT2D eigenvalue weighted by Crippen LogP contribution is -2.56. The minimum absolute atomic E-state index is 0.179. The molecule has 0 saturated carbocycles. The number of amides is 2. The van der Waals surface area contributed by atoms with Crippen molar-refractivity contribution in [1.82, 2.24) is 10.4 Å². The Hall–Kier alpha value is -3.09. The first-order valence-corrected chi connectivity index (χ1v) is 10.3. The molecule has 0 saturated heterocycles. The van der Waals surface area contributed by atoms with Gasteiger partial charge in [0.25, 0.3) is 0 Å². The molecule has 7 nitrogen and oxygen atoms in total. The van der Waals surface area contributed by atoms with Crippen LogP contribution in [-0.4, -0.2) is 40.2 Å². The molecule has 1 N–H and O–H groups in total. The van der Waals surface area contributed by atoms with Crippen molar-refractivity contribution in [2.45, 2.75) is 65.2 Å². The van der Waals surface area contributed by atoms with Gasteiger partial charge in [0.1, 0.15) is 11.2 Å². The zero-order valence-corrected chi connectivity index (χ0v) is 19.0. The van der Waals surface area contributed by atoms with Gasteiger partial charge in [-0.05, 0) is 59.6 Å². The SMILES string of the molecule is CC(C)(C)OC(=O)NN(C(=O)OC(C)(C)C)[C@H]1CC=C[C@@H]1C(=O)/C=C/c1ccccc1. The van der Waals surface area contributed by atoms with Crippen LogP contribution >= 0.6 is 0 Å². The van der Waals surface area contributed by atoms with E-state index in [1.165, 1.54) is 6.08 Å². The van der Waals surface area contributed by atoms with E-state index in [0.29, 0.717) is 6.42 Å². The van der Waals surface area contributed by atoms with Crippen molar-refractivity contribution >= 4 is 24.0 Å². The number of hydrazine groups is 1. The number of ether oxygens (including phenoxy) is 2. The Morgan fingerprint density at radius 2 is 1.61 bits per heavy atom. The Balaban J connectivity index is 2.22. The maximum atomic E-state index is 12.9. The Bertz CT molecular complexity index is 847. The van der Waals surface area contributed by atoms with Crippen LogP contribution in [0.5, 0.6) is 0 Å². The molecular formula is C24H32N2O5. The summed E-state index contributed by atoms with van der Waals surface area (Å²) in [6.07, 6.45) is 5.63. The molecule has 0 aromatic heterocycles. The molecule has 0 aliphatic heterocycles. The standard InChI is InChI=1S/C24H32N2O5/c1-23(2,3)30-21(28)25-26(22(29)31-24(4,5)6)19-14-10-13-18(19)20(27)16-15-17-11-8-7-9-12-17/h7-13,15-16,18-19H,14H2,1-6H3,(H,25,28)/b16-15+/t18-,19-/m0/s1. The Morgan fingerprint density at radius 1 is 1.00 bits per heavy atom. The second-order valence-electron chi connectivity index (χ2n) is 9.37. The van der Waals surface area contributed by atoms with Gasteiger partial charge >= 0.3 is 12.2 Å². The number of rotatable bonds is 4. The molecule has 0 spiro atoms. The van der Waals surface area contributed by atoms with Crippen molar-refractivity contribution in [3.8, 4) is 0 Å². The van der Waals surface area contributed by atoms with E-state index in [1.54, 1.807) is 53.7 Å². The molecule has 168 valence electrons. The normalized spacial score (nSPS) is 18.6. The van der Waals surface area contributed by atoms with Gasteiger partial charge in [0.05, 0.1) is 12.0 Å². The van der Waals surface area contributed by atoms with Crippen LogP contribution in [0.3, 0.4) is 0 Å². The number of benzene rings is 1. The van der Waals surface area contributed by atoms with Crippen molar-refractivity contribution in [2.24, 2.45) is 5.92 Å². The number of ketones is 1. The summed E-state index contributed by atoms with van der Waals surface area (Å²) >= 11 is 0. The van der Waals surface area contributed by atoms with Gasteiger partial charge in [0, 0.05) is 0 Å². The molecule has 1 aromatic rings. The smallest absolute Gasteiger partial charge is 0.429 e. The molecule has 2 rings (SSSR count). The van der Waals surface area contributed by atoms with Gasteiger partial charge in [-0.15, -0.1) is 0 Å². The molecule has 0 radical (unpaired) electrons. The summed E-state index contributed by atoms with van der Waals surface area (Å²) in [6, 6.07) is 8.83. The number of nitrogens with zero attached hydrogens (tertiary/aromatic N) is 1. The zero-order chi connectivity index (χ0) is 23.2. The Morgan fingerprint density at radius 3 is 2.19 bits per heavy atom. The van der Waals surface area contributed by atoms with E-state index in [9.17, 15) is 14.4 Å². The van der Waals surface area contributed by atoms with Crippen LogP contribution in [0.4, 0.5) is 9.59 Å². The highest BCUT2D eigenvalue weighted by atomic mass is 16.6. The van der Waals surface area contributed by atoms with E-state index in [2.05, 4.69) is 5.43 Å². The first-order valence-electron chi connectivity index (χ1n) is 10.3. The average molecular weight is 429 g/mol. The van der Waals surface area contributed by atoms with Gasteiger partial charge in [-0.2, -0.15) is 0 Å². The van der Waals surface area contributed by atoms with Crippen molar-refractivity contribution in [1.29, 1.82) is 0 Å². The maximum absolute atomic E-state index is 12.9. The number of hydrogen-bond donors (Lipinski definition) is 1. The lowest BCUT2D eigenvalue weighted by Gasteiger charge is -2.34. The summed E-state index contributed by atoms with van der Waals surface area (Å²) in [4.78, 5) is 38.1. The van der Waals surface area contributed by atoms with Crippen LogP contribution in [-0.2, 0) is 14.3 Å². The van der Waals surface area contributed by atoms with Crippen LogP contribution in [0.25, 0.3) is 6.08 Å². The van der Waals surface area contributed by atoms with Crippen molar-refractivity contribution in [2.75, 3.05) is 0 Å². The van der Waals surface area contributed by atoms with E-state index in [4.69, 9.17) is 9.47 Å². The fourth-order valence-electron chi connectivity index (χ4n) is 3.02. The van der Waals surface area contributed by atoms with Gasteiger partial charge in [0.2, 0.25) is 0 Å². The highest BCUT2D eigenvalue weighted by molar-refractivity contribution is 5.97. The number of allylic oxidation sites excluding steroid dienone is 1. The Labute approximate surface area is 184 Å². The van der Waals surface area contributed by atoms with Crippen molar-refractivity contribution < 1.29 is 23.9 Å². The van der Waals surface area contributed by atoms with Crippen LogP contribution in [0.2, 0.25) is 0 Å². The second kappa shape index (κ2) is 9.81. The third-order valence-corrected chi connectivity index (χ3v) is 4.24. The number of carbonyl (C=O) groups excluding carboxylic acids is 3. The number of carbonyl (C=O) groups is 3. The highest BCUT2D eigenvalue weighted by Gasteiger charge is 2.39. The van der Waals surface area contributed by atoms with E-state index < -0.39 is 35.3 Å². The van der Waals surface area contributed by atoms with Crippen molar-refractivity contribution in [3.63, 3.8) is 0 Å². The molecule has 0 heterocycles. The molecule has 7 heteroatoms. The monoisotopic (exact) mass is 428 g/mol. The summed E-state index contributed by atoms with van der Waals surface area (Å²) in [6.45, 7) is 10.4. The van der Waals surface area contributed by atoms with Gasteiger partial charge in [0.15, 0.2) is 5.78 Å². The molecule has 1 aliphatic rings. The summed E-state index contributed by atoms with van der Waals surface area (Å²) < 4.78 is 10.8. The molecule has 0 unspecified atom stereocenters. The summed E-state index contributed by atoms with van der Waals surface area (Å²) in [5.74, 6) is -0.801. The minimum atomic E-state index is -0.795. The maximum Gasteiger partial charge on any atom is 0.429 e. The molecule has 2 atom stereocenters. The van der Waals surface area contributed by atoms with Gasteiger partial charge in [-0.25, -0.2) is 20.0 Å². The molecule has 1 aliphatic carbocycles. The third kappa shape index (κ3) is 7.92. The van der Waals surface area contributed by atoms with Crippen LogP contribution in [0, 0.1) is 5.92 Å². The zero-order valence-electron chi connectivity index (χ0n) is 19.0. The lowest BCUT2D eigenvalue weighted by molar-refractivity contribution is -0.118. The van der Waals surface area contributed by atoms with Crippen molar-refractivity contribution in [3.05, 3.63) is 54.1 Å². The van der Waals surface area contributed by atoms with Gasteiger partial charge in [-0.3, -0.25) is 4.79 Å². The van der Waals surface area contributed by atoms with Gasteiger partial charge < -0.3 is 9.47 Å². The minimum Gasteiger partial charge on any atom is -0.443 e. The highest BCUT2D eigenvalue weighted by Crippen LogP contribution is 2.26. The van der Waals surface area contributed by atoms with E-state index >= 15 is 0 Å². The largest absolute Gasteiger partial charge is 0.443 e. The average Bonchev–Trinajstić information content (AvgIpc) is 3.11. The fraction of sp³-hybridized carbons (Fsp3) is 0.458. The van der Waals surface area contributed by atoms with Gasteiger partial charge in [-0.1, -0.05) is 48.6 Å². The van der Waals surface area contributed by atoms with Crippen LogP contribution in [0.1, 0.15) is 53.5 Å². The van der Waals surface area contributed by atoms with E-state index in [1.807, 2.05) is 36.4 Å². The number of hydrogen-bond acceptors (Lipinski definition) is 5. The molecular weight excluding hydrogens is 396 g/mol. The van der Waals surface area contributed by atoms with E-state index in [-0.39, 0.29) is 5.78 Å². The Kier molecular flexibility index (Phi) is 7.65. The second-order valence-corrected chi connectivity index (χ2v) is 9.37. The summed E-state index contributed by atoms with van der Waals surface area (Å²) in [5.41, 5.74) is 1.85. The molecule has 0 fully saturated rings. The van der Waals surface area contributed by atoms with Crippen LogP contribution in [0.15, 0.2) is 48.6 Å². The summed E-state index contributed by atoms with van der Waals surface area (Å²) in [7, 11) is 0. The predicted molar refractivity (Wildman–Crippen MR) is 119 cm³/mol. The number of nitrogens with one attached hydrogen (secondary N) is 1. The third-order valence-electron chi connectivity index (χ3n) is 4.24. The van der Waals surface area contributed by atoms with E-state index in [0.717, 1.165) is 10.6 Å². The fourth-order valence-corrected chi connectivity index (χ4v) is 3.02. The lowest BCUT2D eigenvalue weighted by atomic mass is 9.97. The molecule has 1 aromatic carbocycles. The predicted octanol–water partition coefficient (Wildman–Crippen LogP) is 4.89. The molecule has 31 heavy (non-hydrogen) atoms. The topological polar surface area (TPSA) is 84.9 Å². The molecule has 0 bridgehead atoms. The first kappa shape index (κ1) is 24.2.